The van der Waals surface area contributed by atoms with Gasteiger partial charge in [-0.15, -0.1) is 0 Å². The second-order valence-corrected chi connectivity index (χ2v) is 28.1. The number of rotatable bonds is 16. The van der Waals surface area contributed by atoms with Gasteiger partial charge in [0.25, 0.3) is 0 Å². The lowest BCUT2D eigenvalue weighted by Crippen LogP contribution is -2.41. The molecule has 9 heterocycles. The minimum Gasteiger partial charge on any atom is -0.491 e. The molecule has 5 aromatic heterocycles. The lowest BCUT2D eigenvalue weighted by molar-refractivity contribution is -0.134. The van der Waals surface area contributed by atoms with E-state index < -0.39 is 36.3 Å². The summed E-state index contributed by atoms with van der Waals surface area (Å²) in [5, 5.41) is 0.0478. The molecule has 4 aliphatic rings. The van der Waals surface area contributed by atoms with Crippen molar-refractivity contribution in [2.45, 2.75) is 165 Å². The quantitative estimate of drug-likeness (QED) is 0.0298. The van der Waals surface area contributed by atoms with E-state index in [0.29, 0.717) is 126 Å². The number of hydrogen-bond acceptors (Lipinski definition) is 23. The summed E-state index contributed by atoms with van der Waals surface area (Å²) in [5.41, 5.74) is 19.9. The lowest BCUT2D eigenvalue weighted by Gasteiger charge is -2.32. The zero-order chi connectivity index (χ0) is 79.7. The number of anilines is 3. The monoisotopic (exact) mass is 1570 g/mol. The van der Waals surface area contributed by atoms with Crippen LogP contribution in [0.1, 0.15) is 170 Å². The van der Waals surface area contributed by atoms with Crippen molar-refractivity contribution in [2.75, 3.05) is 42.7 Å². The molecule has 14 rings (SSSR count). The normalized spacial score (nSPS) is 14.2. The average Bonchev–Trinajstić information content (AvgIpc) is 1.52. The molecule has 578 valence electrons. The molecule has 0 bridgehead atoms. The maximum absolute atomic E-state index is 14.6. The van der Waals surface area contributed by atoms with Crippen LogP contribution in [-0.4, -0.2) is 110 Å². The number of ketones is 1. The first-order chi connectivity index (χ1) is 52.4. The highest BCUT2D eigenvalue weighted by Crippen LogP contribution is 2.37. The Balaban J connectivity index is 0.000000153. The standard InChI is InChI=1S/C16H16FN5O.C16H18N4O.C13H21BN2O3.C12H10BrFO2.C12H13FO3.C12H11FO2/c17-11-7-10(1-2-13(11)22-3-5-23-6-4-22)15-14-12(8-19-15)20-9-21-16(14)18;1-9(2)21-13-5-4-11(6-10(13)3)15-14-12(7-18-15)19-8-20-16(14)17;1-9(2)17-11-15-7-10(8-16-11)14-18-12(3,4)13(5,6)19-14;1-2-4-9-11(13)12(15)10-7(14)5-3-6-8(10)16-9;1-3-5-11(15)16-10-7-4-6-9(13)12(10)8(2)14;1-2-4-8-7-10(14)12-9(13)5-3-6-11(12)15-8/h1-2,7,9H,3-6,8H2,(H2,18,20,21);4-6,8-9H,7H2,1-3H3,(H2,17,19,20);7-9H,1-6H3;3,5-6H,2,4H2,1H3;4,6-7H,3,5H2,1-2H3;3,5-7H,2,4H2,1H3. The van der Waals surface area contributed by atoms with E-state index in [2.05, 4.69) is 61.9 Å². The number of aromatic nitrogens is 6. The summed E-state index contributed by atoms with van der Waals surface area (Å²) in [7, 11) is -0.432. The molecule has 0 aliphatic carbocycles. The van der Waals surface area contributed by atoms with E-state index in [-0.39, 0.29) is 68.6 Å². The van der Waals surface area contributed by atoms with Crippen LogP contribution in [0.2, 0.25) is 0 Å². The topological polar surface area (TPSA) is 307 Å². The molecule has 0 unspecified atom stereocenters. The zero-order valence-corrected chi connectivity index (χ0v) is 65.3. The number of benzene rings is 5. The van der Waals surface area contributed by atoms with Crippen LogP contribution < -0.4 is 46.9 Å². The number of fused-ring (bicyclic) bond motifs is 4. The van der Waals surface area contributed by atoms with Gasteiger partial charge in [-0.3, -0.25) is 29.2 Å². The van der Waals surface area contributed by atoms with Gasteiger partial charge in [-0.25, -0.2) is 47.5 Å². The van der Waals surface area contributed by atoms with E-state index >= 15 is 0 Å². The average molecular weight is 1580 g/mol. The third-order valence-corrected chi connectivity index (χ3v) is 18.5. The highest BCUT2D eigenvalue weighted by atomic mass is 79.9. The number of Topliss-reactive ketones (excluding diaryl/α,β-unsaturated/α-hetero) is 1. The summed E-state index contributed by atoms with van der Waals surface area (Å²) in [4.78, 5) is 81.8. The number of halogens is 5. The summed E-state index contributed by atoms with van der Waals surface area (Å²) in [6.45, 7) is 28.7. The number of ether oxygens (including phenoxy) is 4. The predicted molar refractivity (Wildman–Crippen MR) is 419 cm³/mol. The molecule has 2 fully saturated rings. The van der Waals surface area contributed by atoms with Gasteiger partial charge in [0.15, 0.2) is 11.2 Å². The van der Waals surface area contributed by atoms with E-state index in [1.54, 1.807) is 30.6 Å². The Morgan fingerprint density at radius 1 is 0.636 bits per heavy atom. The number of carbonyl (C=O) groups is 2. The van der Waals surface area contributed by atoms with Gasteiger partial charge < -0.3 is 53.5 Å². The summed E-state index contributed by atoms with van der Waals surface area (Å²) in [6, 6.07) is 25.7. The van der Waals surface area contributed by atoms with Crippen molar-refractivity contribution in [1.82, 2.24) is 29.9 Å². The molecular formula is C81H89BBrF4N11O12. The van der Waals surface area contributed by atoms with Crippen molar-refractivity contribution in [1.29, 1.82) is 0 Å². The largest absolute Gasteiger partial charge is 0.498 e. The number of nitrogen functional groups attached to an aromatic ring is 2. The molecule has 0 radical (unpaired) electrons. The fourth-order valence-corrected chi connectivity index (χ4v) is 12.1. The molecule has 4 aliphatic heterocycles. The fourth-order valence-electron chi connectivity index (χ4n) is 11.7. The second-order valence-electron chi connectivity index (χ2n) is 27.3. The number of nitrogens with zero attached hydrogens (tertiary/aromatic N) is 9. The molecule has 23 nitrogen and oxygen atoms in total. The molecular weight excluding hydrogens is 1490 g/mol. The van der Waals surface area contributed by atoms with Crippen LogP contribution in [0.5, 0.6) is 17.5 Å². The number of nitrogens with two attached hydrogens (primary N) is 2. The van der Waals surface area contributed by atoms with Crippen LogP contribution in [-0.2, 0) is 44.8 Å². The molecule has 0 atom stereocenters. The van der Waals surface area contributed by atoms with Crippen LogP contribution in [0.4, 0.5) is 34.9 Å². The molecule has 0 amide bonds. The van der Waals surface area contributed by atoms with Crippen molar-refractivity contribution >= 4 is 90.9 Å². The first-order valence-electron chi connectivity index (χ1n) is 36.1. The molecule has 10 aromatic rings. The van der Waals surface area contributed by atoms with E-state index in [1.165, 1.54) is 68.1 Å². The minimum atomic E-state index is -0.672. The van der Waals surface area contributed by atoms with Gasteiger partial charge in [0, 0.05) is 67.4 Å². The maximum Gasteiger partial charge on any atom is 0.498 e. The summed E-state index contributed by atoms with van der Waals surface area (Å²) in [6.07, 6.45) is 10.5. The lowest BCUT2D eigenvalue weighted by atomic mass is 9.81. The zero-order valence-electron chi connectivity index (χ0n) is 63.7. The molecule has 0 saturated carbocycles. The molecule has 29 heteroatoms. The van der Waals surface area contributed by atoms with E-state index in [1.807, 2.05) is 106 Å². The first kappa shape index (κ1) is 83.4. The van der Waals surface area contributed by atoms with Crippen LogP contribution in [0.25, 0.3) is 21.9 Å². The number of carbonyl (C=O) groups excluding carboxylic acids is 2. The molecule has 0 spiro atoms. The minimum absolute atomic E-state index is 0.00838. The highest BCUT2D eigenvalue weighted by Gasteiger charge is 2.52. The smallest absolute Gasteiger partial charge is 0.491 e. The van der Waals surface area contributed by atoms with Crippen LogP contribution >= 0.6 is 15.9 Å². The highest BCUT2D eigenvalue weighted by molar-refractivity contribution is 9.10. The SMILES string of the molecule is CC(C)Oc1ncc(B2OC(C)(C)C(C)(C)O2)cn1.CCCC(=O)Oc1cccc(F)c1C(C)=O.CCCc1cc(=O)c2c(F)cccc2o1.CCCc1oc2cccc(F)c2c(=O)c1Br.Cc1cc(C2=NCc3ncnc(N)c32)ccc1OC(C)C.Nc1ncnc2c1C(c1ccc(N3CCOCC3)c(F)c1)=NC2. The number of esters is 1. The van der Waals surface area contributed by atoms with Crippen molar-refractivity contribution in [3.63, 3.8) is 0 Å². The summed E-state index contributed by atoms with van der Waals surface area (Å²) >= 11 is 3.16. The number of aliphatic imine (C=N–C) groups is 2. The molecule has 110 heavy (non-hydrogen) atoms. The van der Waals surface area contributed by atoms with E-state index in [4.69, 9.17) is 48.6 Å². The van der Waals surface area contributed by atoms with Gasteiger partial charge in [-0.1, -0.05) is 45.0 Å². The number of aryl methyl sites for hydroxylation is 3. The van der Waals surface area contributed by atoms with Gasteiger partial charge in [-0.2, -0.15) is 0 Å². The summed E-state index contributed by atoms with van der Waals surface area (Å²) < 4.78 is 99.2. The van der Waals surface area contributed by atoms with Gasteiger partial charge in [0.2, 0.25) is 5.43 Å². The van der Waals surface area contributed by atoms with Crippen molar-refractivity contribution in [2.24, 2.45) is 9.98 Å². The van der Waals surface area contributed by atoms with Crippen LogP contribution in [0, 0.1) is 30.2 Å². The molecule has 4 N–H and O–H groups in total. The third-order valence-electron chi connectivity index (χ3n) is 17.7. The third kappa shape index (κ3) is 20.6. The molecule has 2 saturated heterocycles. The Morgan fingerprint density at radius 3 is 1.73 bits per heavy atom. The van der Waals surface area contributed by atoms with E-state index in [0.717, 1.165) is 63.9 Å². The molecule has 5 aromatic carbocycles. The van der Waals surface area contributed by atoms with Crippen molar-refractivity contribution < 1.29 is 64.2 Å². The second kappa shape index (κ2) is 37.7. The van der Waals surface area contributed by atoms with Crippen LogP contribution in [0.15, 0.2) is 155 Å². The Hall–Kier alpha value is -10.6. The Labute approximate surface area is 643 Å². The fraction of sp³-hybridized carbons (Fsp3) is 0.358. The van der Waals surface area contributed by atoms with Gasteiger partial charge in [0.05, 0.1) is 94.9 Å². The predicted octanol–water partition coefficient (Wildman–Crippen LogP) is 14.7. The Bertz CT molecular complexity index is 5120. The van der Waals surface area contributed by atoms with E-state index in [9.17, 15) is 36.7 Å². The number of hydrogen-bond donors (Lipinski definition) is 2. The maximum atomic E-state index is 14.6. The van der Waals surface area contributed by atoms with Crippen molar-refractivity contribution in [3.05, 3.63) is 227 Å². The van der Waals surface area contributed by atoms with Crippen LogP contribution in [0.3, 0.4) is 0 Å². The van der Waals surface area contributed by atoms with Crippen molar-refractivity contribution in [3.8, 4) is 17.5 Å². The summed E-state index contributed by atoms with van der Waals surface area (Å²) in [5.74, 6) is -0.0000993. The Morgan fingerprint density at radius 2 is 1.18 bits per heavy atom. The number of morpholine rings is 1. The Kier molecular flexibility index (Phi) is 28.6. The van der Waals surface area contributed by atoms with Gasteiger partial charge in [0.1, 0.15) is 97.0 Å². The first-order valence-corrected chi connectivity index (χ1v) is 36.9. The van der Waals surface area contributed by atoms with Gasteiger partial charge >= 0.3 is 19.1 Å². The van der Waals surface area contributed by atoms with Gasteiger partial charge in [-0.05, 0) is 177 Å².